The van der Waals surface area contributed by atoms with E-state index >= 15 is 0 Å². The van der Waals surface area contributed by atoms with Gasteiger partial charge in [0.05, 0.1) is 6.42 Å². The van der Waals surface area contributed by atoms with Gasteiger partial charge in [-0.2, -0.15) is 11.8 Å². The number of amides is 2. The number of carboxylic acid groups (broad SMARTS) is 1. The van der Waals surface area contributed by atoms with Gasteiger partial charge in [0.2, 0.25) is 17.6 Å². The third-order valence-electron chi connectivity index (χ3n) is 11.2. The molecule has 0 aliphatic heterocycles. The molecule has 8 atom stereocenters. The van der Waals surface area contributed by atoms with E-state index in [1.54, 1.807) is 13.0 Å². The molecule has 0 heterocycles. The SMILES string of the molecule is CSCC[C@H](NC(=O)[C@@H](C)NC(=O)CCC(=O)OCC(=O)[C@@]1(O)CC[C@H]2[C@@H]3CCC4=CC(=O)CC[C@]4(C)[C@H]3C(=O)C[C@@]21C)C(=O)O. The number of ether oxygens (including phenoxy) is 1. The summed E-state index contributed by atoms with van der Waals surface area (Å²) in [5.74, 6) is -3.71. The fourth-order valence-electron chi connectivity index (χ4n) is 8.57. The van der Waals surface area contributed by atoms with Crippen LogP contribution in [0.4, 0.5) is 0 Å². The lowest BCUT2D eigenvalue weighted by Crippen LogP contribution is -2.61. The van der Waals surface area contributed by atoms with Gasteiger partial charge in [-0.15, -0.1) is 0 Å². The van der Waals surface area contributed by atoms with Crippen molar-refractivity contribution < 1.29 is 48.5 Å². The number of thioether (sulfide) groups is 1. The summed E-state index contributed by atoms with van der Waals surface area (Å²) in [4.78, 5) is 87.8. The number of esters is 1. The summed E-state index contributed by atoms with van der Waals surface area (Å²) < 4.78 is 5.16. The molecule has 0 radical (unpaired) electrons. The summed E-state index contributed by atoms with van der Waals surface area (Å²) in [6, 6.07) is -2.13. The molecule has 4 aliphatic carbocycles. The molecule has 2 amide bonds. The predicted octanol–water partition coefficient (Wildman–Crippen LogP) is 2.15. The summed E-state index contributed by atoms with van der Waals surface area (Å²) in [6.07, 6.45) is 6.26. The number of aliphatic carboxylic acids is 1. The minimum Gasteiger partial charge on any atom is -0.480 e. The summed E-state index contributed by atoms with van der Waals surface area (Å²) in [5.41, 5.74) is -2.21. The Hall–Kier alpha value is -3.06. The van der Waals surface area contributed by atoms with E-state index in [0.29, 0.717) is 37.9 Å². The van der Waals surface area contributed by atoms with E-state index in [1.165, 1.54) is 18.7 Å². The Morgan fingerprint density at radius 2 is 1.78 bits per heavy atom. The van der Waals surface area contributed by atoms with Gasteiger partial charge >= 0.3 is 11.9 Å². The Bertz CT molecular complexity index is 1330. The van der Waals surface area contributed by atoms with Crippen molar-refractivity contribution >= 4 is 52.9 Å². The maximum atomic E-state index is 13.8. The molecule has 0 aromatic carbocycles. The first-order chi connectivity index (χ1) is 21.6. The normalized spacial score (nSPS) is 33.0. The zero-order valence-electron chi connectivity index (χ0n) is 27.0. The van der Waals surface area contributed by atoms with Crippen molar-refractivity contribution in [3.8, 4) is 0 Å². The van der Waals surface area contributed by atoms with E-state index in [-0.39, 0.29) is 61.4 Å². The van der Waals surface area contributed by atoms with Gasteiger partial charge in [0, 0.05) is 30.6 Å². The van der Waals surface area contributed by atoms with Crippen molar-refractivity contribution in [3.63, 3.8) is 0 Å². The molecule has 3 fully saturated rings. The molecular formula is C33H46N2O10S. The summed E-state index contributed by atoms with van der Waals surface area (Å²) in [5, 5.41) is 25.9. The van der Waals surface area contributed by atoms with Gasteiger partial charge in [0.25, 0.3) is 0 Å². The molecule has 0 bridgehead atoms. The lowest BCUT2D eigenvalue weighted by atomic mass is 9.46. The van der Waals surface area contributed by atoms with Crippen molar-refractivity contribution in [1.29, 1.82) is 0 Å². The number of rotatable bonds is 13. The molecule has 12 nitrogen and oxygen atoms in total. The topological polar surface area (TPSA) is 193 Å². The molecule has 46 heavy (non-hydrogen) atoms. The zero-order chi connectivity index (χ0) is 34.0. The van der Waals surface area contributed by atoms with Crippen LogP contribution in [0.5, 0.6) is 0 Å². The lowest BCUT2D eigenvalue weighted by Gasteiger charge is -2.57. The Morgan fingerprint density at radius 1 is 1.07 bits per heavy atom. The number of fused-ring (bicyclic) bond motifs is 5. The second-order valence-corrected chi connectivity index (χ2v) is 14.8. The monoisotopic (exact) mass is 662 g/mol. The van der Waals surface area contributed by atoms with Crippen LogP contribution in [0.25, 0.3) is 0 Å². The first kappa shape index (κ1) is 35.8. The standard InChI is InChI=1S/C33H46N2O10S/c1-18(29(41)35-23(30(42)43)11-14-46-4)34-26(39)7-8-27(40)45-17-25(38)33(44)13-10-22-21-6-5-19-15-20(36)9-12-31(19,2)28(21)24(37)16-32(22,33)3/h15,18,21-23,28,44H,5-14,16-17H2,1-4H3,(H,34,39)(H,35,41)(H,42,43)/t18-,21+,22+,23+,28-,31+,32+,33+/m1/s1. The first-order valence-corrected chi connectivity index (χ1v) is 17.5. The first-order valence-electron chi connectivity index (χ1n) is 16.1. The molecule has 0 saturated heterocycles. The minimum absolute atomic E-state index is 0.00341. The quantitative estimate of drug-likeness (QED) is 0.211. The Labute approximate surface area is 273 Å². The predicted molar refractivity (Wildman–Crippen MR) is 167 cm³/mol. The van der Waals surface area contributed by atoms with E-state index in [4.69, 9.17) is 4.74 Å². The molecule has 3 saturated carbocycles. The number of carbonyl (C=O) groups is 7. The number of carboxylic acids is 1. The van der Waals surface area contributed by atoms with Crippen molar-refractivity contribution in [2.24, 2.45) is 28.6 Å². The van der Waals surface area contributed by atoms with Crippen LogP contribution in [0.15, 0.2) is 11.6 Å². The number of allylic oxidation sites excluding steroid dienone is 1. The van der Waals surface area contributed by atoms with Crippen molar-refractivity contribution in [3.05, 3.63) is 11.6 Å². The molecule has 4 rings (SSSR count). The van der Waals surface area contributed by atoms with Crippen LogP contribution < -0.4 is 10.6 Å². The third kappa shape index (κ3) is 6.81. The van der Waals surface area contributed by atoms with Gasteiger partial charge in [0.15, 0.2) is 12.4 Å². The third-order valence-corrected chi connectivity index (χ3v) is 11.8. The van der Waals surface area contributed by atoms with Crippen LogP contribution in [-0.2, 0) is 38.3 Å². The van der Waals surface area contributed by atoms with Crippen LogP contribution in [0.2, 0.25) is 0 Å². The summed E-state index contributed by atoms with van der Waals surface area (Å²) in [6.45, 7) is 4.57. The van der Waals surface area contributed by atoms with Crippen molar-refractivity contribution in [1.82, 2.24) is 10.6 Å². The van der Waals surface area contributed by atoms with Gasteiger partial charge in [-0.05, 0) is 80.8 Å². The number of ketones is 3. The van der Waals surface area contributed by atoms with Crippen molar-refractivity contribution in [2.45, 2.75) is 103 Å². The minimum atomic E-state index is -1.85. The fourth-order valence-corrected chi connectivity index (χ4v) is 9.04. The van der Waals surface area contributed by atoms with Gasteiger partial charge in [-0.1, -0.05) is 19.4 Å². The molecule has 0 spiro atoms. The molecular weight excluding hydrogens is 616 g/mol. The van der Waals surface area contributed by atoms with Crippen LogP contribution in [-0.4, -0.2) is 87.6 Å². The zero-order valence-corrected chi connectivity index (χ0v) is 27.8. The highest BCUT2D eigenvalue weighted by molar-refractivity contribution is 7.98. The van der Waals surface area contributed by atoms with Crippen LogP contribution in [0.3, 0.4) is 0 Å². The maximum Gasteiger partial charge on any atom is 0.326 e. The summed E-state index contributed by atoms with van der Waals surface area (Å²) in [7, 11) is 0. The Kier molecular flexibility index (Phi) is 10.9. The highest BCUT2D eigenvalue weighted by Crippen LogP contribution is 2.66. The number of hydrogen-bond donors (Lipinski definition) is 4. The second kappa shape index (κ2) is 14.0. The number of hydrogen-bond acceptors (Lipinski definition) is 10. The lowest BCUT2D eigenvalue weighted by molar-refractivity contribution is -0.173. The number of aliphatic hydroxyl groups is 1. The van der Waals surface area contributed by atoms with E-state index in [2.05, 4.69) is 17.6 Å². The van der Waals surface area contributed by atoms with Crippen molar-refractivity contribution in [2.75, 3.05) is 18.6 Å². The smallest absolute Gasteiger partial charge is 0.326 e. The molecule has 4 aliphatic rings. The molecule has 0 aromatic heterocycles. The van der Waals surface area contributed by atoms with Gasteiger partial charge in [-0.3, -0.25) is 28.8 Å². The van der Waals surface area contributed by atoms with E-state index in [1.807, 2.05) is 6.26 Å². The summed E-state index contributed by atoms with van der Waals surface area (Å²) >= 11 is 1.44. The molecule has 0 aromatic rings. The number of carbonyl (C=O) groups excluding carboxylic acids is 6. The second-order valence-electron chi connectivity index (χ2n) is 13.9. The van der Waals surface area contributed by atoms with Gasteiger partial charge < -0.3 is 25.6 Å². The van der Waals surface area contributed by atoms with Crippen LogP contribution in [0.1, 0.15) is 85.0 Å². The van der Waals surface area contributed by atoms with E-state index in [0.717, 1.165) is 5.57 Å². The van der Waals surface area contributed by atoms with Gasteiger partial charge in [-0.25, -0.2) is 4.79 Å². The van der Waals surface area contributed by atoms with Crippen LogP contribution in [0, 0.1) is 28.6 Å². The van der Waals surface area contributed by atoms with E-state index in [9.17, 15) is 43.8 Å². The van der Waals surface area contributed by atoms with Gasteiger partial charge in [0.1, 0.15) is 23.5 Å². The molecule has 254 valence electrons. The highest BCUT2D eigenvalue weighted by atomic mass is 32.2. The maximum absolute atomic E-state index is 13.8. The molecule has 4 N–H and O–H groups in total. The highest BCUT2D eigenvalue weighted by Gasteiger charge is 2.68. The largest absolute Gasteiger partial charge is 0.480 e. The Balaban J connectivity index is 1.29. The Morgan fingerprint density at radius 3 is 2.46 bits per heavy atom. The molecule has 0 unspecified atom stereocenters. The number of nitrogens with one attached hydrogen (secondary N) is 2. The fraction of sp³-hybridized carbons (Fsp3) is 0.727. The molecule has 13 heteroatoms. The average Bonchev–Trinajstić information content (AvgIpc) is 3.27. The van der Waals surface area contributed by atoms with Crippen LogP contribution >= 0.6 is 11.8 Å². The van der Waals surface area contributed by atoms with E-state index < -0.39 is 64.7 Å². The average molecular weight is 663 g/mol. The number of Topliss-reactive ketones (excluding diaryl/α,β-unsaturated/α-hetero) is 2.